The molecule has 0 aliphatic heterocycles. The van der Waals surface area contributed by atoms with Crippen LogP contribution in [0, 0.1) is 10.1 Å². The summed E-state index contributed by atoms with van der Waals surface area (Å²) >= 11 is 0. The van der Waals surface area contributed by atoms with Crippen LogP contribution in [0.25, 0.3) is 10.9 Å². The molecule has 0 bridgehead atoms. The average Bonchev–Trinajstić information content (AvgIpc) is 2.73. The molecule has 2 aromatic rings. The number of aliphatic hydroxyl groups excluding tert-OH is 1. The van der Waals surface area contributed by atoms with Crippen molar-refractivity contribution >= 4 is 16.6 Å². The second kappa shape index (κ2) is 4.97. The van der Waals surface area contributed by atoms with Crippen LogP contribution in [0.3, 0.4) is 0 Å². The van der Waals surface area contributed by atoms with Gasteiger partial charge in [0, 0.05) is 30.8 Å². The van der Waals surface area contributed by atoms with Crippen LogP contribution in [-0.4, -0.2) is 21.2 Å². The van der Waals surface area contributed by atoms with Crippen molar-refractivity contribution in [2.24, 2.45) is 0 Å². The number of nitro groups is 1. The first-order valence-corrected chi connectivity index (χ1v) is 5.57. The first-order valence-electron chi connectivity index (χ1n) is 5.57. The fourth-order valence-electron chi connectivity index (χ4n) is 1.97. The molecule has 1 aromatic heterocycles. The highest BCUT2D eigenvalue weighted by molar-refractivity contribution is 5.88. The summed E-state index contributed by atoms with van der Waals surface area (Å²) in [5, 5.41) is 20.6. The number of benzene rings is 1. The molecule has 1 aromatic carbocycles. The molecule has 17 heavy (non-hydrogen) atoms. The van der Waals surface area contributed by atoms with Gasteiger partial charge in [0.25, 0.3) is 5.69 Å². The molecule has 0 saturated carbocycles. The van der Waals surface area contributed by atoms with Gasteiger partial charge in [-0.25, -0.2) is 0 Å². The number of hydrogen-bond acceptors (Lipinski definition) is 3. The lowest BCUT2D eigenvalue weighted by Gasteiger charge is -2.04. The van der Waals surface area contributed by atoms with Gasteiger partial charge in [0.1, 0.15) is 5.52 Å². The van der Waals surface area contributed by atoms with Crippen LogP contribution in [-0.2, 0) is 6.54 Å². The van der Waals surface area contributed by atoms with Gasteiger partial charge in [0.05, 0.1) is 4.92 Å². The maximum atomic E-state index is 10.9. The summed E-state index contributed by atoms with van der Waals surface area (Å²) in [6.07, 6.45) is 3.38. The molecule has 5 nitrogen and oxygen atoms in total. The summed E-state index contributed by atoms with van der Waals surface area (Å²) in [5.41, 5.74) is 0.798. The van der Waals surface area contributed by atoms with Crippen LogP contribution in [0.5, 0.6) is 0 Å². The van der Waals surface area contributed by atoms with E-state index in [1.54, 1.807) is 6.07 Å². The normalized spacial score (nSPS) is 10.9. The lowest BCUT2D eigenvalue weighted by Crippen LogP contribution is -2.00. The number of nitrogens with zero attached hydrogens (tertiary/aromatic N) is 2. The van der Waals surface area contributed by atoms with Crippen LogP contribution >= 0.6 is 0 Å². The molecule has 90 valence electrons. The molecule has 0 aliphatic carbocycles. The molecule has 0 spiro atoms. The number of aryl methyl sites for hydroxylation is 1. The first-order chi connectivity index (χ1) is 8.24. The summed E-state index contributed by atoms with van der Waals surface area (Å²) in [5.74, 6) is 0. The Morgan fingerprint density at radius 3 is 2.82 bits per heavy atom. The quantitative estimate of drug-likeness (QED) is 0.490. The monoisotopic (exact) mass is 234 g/mol. The van der Waals surface area contributed by atoms with Crippen molar-refractivity contribution in [1.29, 1.82) is 0 Å². The van der Waals surface area contributed by atoms with E-state index in [1.807, 2.05) is 22.9 Å². The number of unbranched alkanes of at least 4 members (excludes halogenated alkanes) is 1. The molecule has 1 heterocycles. The van der Waals surface area contributed by atoms with Gasteiger partial charge >= 0.3 is 0 Å². The Morgan fingerprint density at radius 2 is 2.12 bits per heavy atom. The van der Waals surface area contributed by atoms with Crippen molar-refractivity contribution < 1.29 is 10.0 Å². The average molecular weight is 234 g/mol. The number of aliphatic hydroxyl groups is 1. The first kappa shape index (κ1) is 11.6. The molecule has 0 unspecified atom stereocenters. The van der Waals surface area contributed by atoms with E-state index in [0.29, 0.717) is 18.5 Å². The zero-order valence-corrected chi connectivity index (χ0v) is 9.37. The van der Waals surface area contributed by atoms with E-state index in [2.05, 4.69) is 0 Å². The van der Waals surface area contributed by atoms with E-state index >= 15 is 0 Å². The second-order valence-corrected chi connectivity index (χ2v) is 3.91. The summed E-state index contributed by atoms with van der Waals surface area (Å²) < 4.78 is 1.88. The number of nitro benzene ring substituents is 1. The summed E-state index contributed by atoms with van der Waals surface area (Å²) in [6.45, 7) is 0.843. The highest BCUT2D eigenvalue weighted by Crippen LogP contribution is 2.26. The maximum Gasteiger partial charge on any atom is 0.293 e. The van der Waals surface area contributed by atoms with Gasteiger partial charge in [-0.2, -0.15) is 0 Å². The molecular formula is C12H14N2O3. The molecule has 0 aliphatic rings. The number of fused-ring (bicyclic) bond motifs is 1. The standard InChI is InChI=1S/C12H14N2O3/c15-9-2-1-7-13-8-6-10-4-3-5-11(12(10)13)14(16)17/h3-6,8,15H,1-2,7,9H2. The van der Waals surface area contributed by atoms with Gasteiger partial charge in [-0.15, -0.1) is 0 Å². The lowest BCUT2D eigenvalue weighted by atomic mass is 10.2. The van der Waals surface area contributed by atoms with E-state index in [0.717, 1.165) is 11.8 Å². The SMILES string of the molecule is O=[N+]([O-])c1cccc2ccn(CCCCO)c12. The molecular weight excluding hydrogens is 220 g/mol. The number of hydrogen-bond donors (Lipinski definition) is 1. The maximum absolute atomic E-state index is 10.9. The molecule has 2 rings (SSSR count). The highest BCUT2D eigenvalue weighted by Gasteiger charge is 2.14. The van der Waals surface area contributed by atoms with Crippen molar-refractivity contribution in [3.8, 4) is 0 Å². The van der Waals surface area contributed by atoms with Crippen molar-refractivity contribution in [1.82, 2.24) is 4.57 Å². The molecule has 1 N–H and O–H groups in total. The molecule has 0 atom stereocenters. The van der Waals surface area contributed by atoms with Gasteiger partial charge in [-0.05, 0) is 18.9 Å². The van der Waals surface area contributed by atoms with Gasteiger partial charge in [-0.3, -0.25) is 10.1 Å². The highest BCUT2D eigenvalue weighted by atomic mass is 16.6. The third-order valence-electron chi connectivity index (χ3n) is 2.77. The Balaban J connectivity index is 2.39. The van der Waals surface area contributed by atoms with E-state index in [9.17, 15) is 10.1 Å². The fourth-order valence-corrected chi connectivity index (χ4v) is 1.97. The minimum atomic E-state index is -0.356. The second-order valence-electron chi connectivity index (χ2n) is 3.91. The smallest absolute Gasteiger partial charge is 0.293 e. The molecule has 0 radical (unpaired) electrons. The topological polar surface area (TPSA) is 68.3 Å². The Labute approximate surface area is 98.4 Å². The number of para-hydroxylation sites is 1. The Morgan fingerprint density at radius 1 is 1.29 bits per heavy atom. The Kier molecular flexibility index (Phi) is 3.39. The Hall–Kier alpha value is -1.88. The molecule has 0 amide bonds. The van der Waals surface area contributed by atoms with E-state index < -0.39 is 0 Å². The third-order valence-corrected chi connectivity index (χ3v) is 2.77. The minimum Gasteiger partial charge on any atom is -0.396 e. The zero-order valence-electron chi connectivity index (χ0n) is 9.37. The Bertz CT molecular complexity index is 534. The van der Waals surface area contributed by atoms with Crippen LogP contribution in [0.1, 0.15) is 12.8 Å². The lowest BCUT2D eigenvalue weighted by molar-refractivity contribution is -0.383. The number of non-ortho nitro benzene ring substituents is 1. The van der Waals surface area contributed by atoms with Crippen LogP contribution in [0.15, 0.2) is 30.5 Å². The van der Waals surface area contributed by atoms with Crippen LogP contribution < -0.4 is 0 Å². The molecule has 0 fully saturated rings. The molecule has 0 saturated heterocycles. The third kappa shape index (κ3) is 2.29. The minimum absolute atomic E-state index is 0.136. The van der Waals surface area contributed by atoms with E-state index in [1.165, 1.54) is 6.07 Å². The van der Waals surface area contributed by atoms with Gasteiger partial charge in [0.15, 0.2) is 0 Å². The van der Waals surface area contributed by atoms with Crippen molar-refractivity contribution in [2.75, 3.05) is 6.61 Å². The van der Waals surface area contributed by atoms with Gasteiger partial charge in [0.2, 0.25) is 0 Å². The van der Waals surface area contributed by atoms with Crippen LogP contribution in [0.2, 0.25) is 0 Å². The van der Waals surface area contributed by atoms with E-state index in [4.69, 9.17) is 5.11 Å². The largest absolute Gasteiger partial charge is 0.396 e. The van der Waals surface area contributed by atoms with Crippen molar-refractivity contribution in [2.45, 2.75) is 19.4 Å². The summed E-state index contributed by atoms with van der Waals surface area (Å²) in [7, 11) is 0. The van der Waals surface area contributed by atoms with Crippen molar-refractivity contribution in [3.63, 3.8) is 0 Å². The zero-order chi connectivity index (χ0) is 12.3. The van der Waals surface area contributed by atoms with Crippen LogP contribution in [0.4, 0.5) is 5.69 Å². The van der Waals surface area contributed by atoms with Gasteiger partial charge in [-0.1, -0.05) is 12.1 Å². The predicted molar refractivity (Wildman–Crippen MR) is 64.9 cm³/mol. The van der Waals surface area contributed by atoms with Gasteiger partial charge < -0.3 is 9.67 Å². The summed E-state index contributed by atoms with van der Waals surface area (Å²) in [4.78, 5) is 10.6. The number of rotatable bonds is 5. The predicted octanol–water partition coefficient (Wildman–Crippen LogP) is 2.32. The molecule has 5 heteroatoms. The number of aromatic nitrogens is 1. The fraction of sp³-hybridized carbons (Fsp3) is 0.333. The van der Waals surface area contributed by atoms with Crippen molar-refractivity contribution in [3.05, 3.63) is 40.6 Å². The summed E-state index contributed by atoms with van der Waals surface area (Å²) in [6, 6.07) is 6.95. The van der Waals surface area contributed by atoms with E-state index in [-0.39, 0.29) is 17.2 Å².